The molecule has 1 aromatic heterocycles. The van der Waals surface area contributed by atoms with E-state index in [9.17, 15) is 0 Å². The van der Waals surface area contributed by atoms with E-state index in [1.165, 1.54) is 6.20 Å². The van der Waals surface area contributed by atoms with Crippen molar-refractivity contribution in [2.45, 2.75) is 4.90 Å². The first-order valence-electron chi connectivity index (χ1n) is 5.11. The van der Waals surface area contributed by atoms with Gasteiger partial charge in [0.15, 0.2) is 0 Å². The lowest BCUT2D eigenvalue weighted by atomic mass is 10.3. The lowest BCUT2D eigenvalue weighted by Crippen LogP contribution is -1.92. The maximum Gasteiger partial charge on any atom is 0.239 e. The van der Waals surface area contributed by atoms with Crippen LogP contribution in [0.15, 0.2) is 41.4 Å². The molecule has 0 aliphatic rings. The summed E-state index contributed by atoms with van der Waals surface area (Å²) in [6.45, 7) is 0. The van der Waals surface area contributed by atoms with Crippen LogP contribution in [0.4, 0.5) is 0 Å². The molecule has 0 fully saturated rings. The molecule has 0 N–H and O–H groups in total. The molecule has 18 heavy (non-hydrogen) atoms. The Bertz CT molecular complexity index is 610. The molecule has 5 heteroatoms. The number of rotatable bonds is 3. The van der Waals surface area contributed by atoms with E-state index in [-0.39, 0.29) is 10.9 Å². The molecule has 0 aliphatic carbocycles. The minimum atomic E-state index is 0.232. The van der Waals surface area contributed by atoms with Crippen LogP contribution in [-0.2, 0) is 0 Å². The van der Waals surface area contributed by atoms with E-state index >= 15 is 0 Å². The third-order valence-electron chi connectivity index (χ3n) is 2.25. The van der Waals surface area contributed by atoms with Gasteiger partial charge in [0.2, 0.25) is 5.88 Å². The number of aromatic nitrogens is 1. The topological polar surface area (TPSA) is 45.9 Å². The Morgan fingerprint density at radius 2 is 2.11 bits per heavy atom. The third kappa shape index (κ3) is 2.58. The molecule has 2 aromatic rings. The molecule has 2 rings (SSSR count). The summed E-state index contributed by atoms with van der Waals surface area (Å²) in [5, 5.41) is 9.12. The highest BCUT2D eigenvalue weighted by Gasteiger charge is 2.11. The first kappa shape index (κ1) is 12.7. The zero-order valence-corrected chi connectivity index (χ0v) is 11.1. The maximum absolute atomic E-state index is 8.89. The van der Waals surface area contributed by atoms with Crippen molar-refractivity contribution in [3.05, 3.63) is 47.1 Å². The summed E-state index contributed by atoms with van der Waals surface area (Å²) in [4.78, 5) is 5.03. The predicted molar refractivity (Wildman–Crippen MR) is 72.3 cm³/mol. The average molecular weight is 277 g/mol. The van der Waals surface area contributed by atoms with Crippen LogP contribution >= 0.6 is 23.4 Å². The van der Waals surface area contributed by atoms with Gasteiger partial charge in [-0.3, -0.25) is 0 Å². The lowest BCUT2D eigenvalue weighted by Gasteiger charge is -2.09. The molecule has 0 spiro atoms. The van der Waals surface area contributed by atoms with E-state index in [0.29, 0.717) is 11.3 Å². The number of pyridine rings is 1. The van der Waals surface area contributed by atoms with Gasteiger partial charge >= 0.3 is 0 Å². The van der Waals surface area contributed by atoms with Crippen molar-refractivity contribution in [1.29, 1.82) is 5.26 Å². The molecule has 0 aliphatic heterocycles. The Morgan fingerprint density at radius 3 is 2.83 bits per heavy atom. The summed E-state index contributed by atoms with van der Waals surface area (Å²) in [6, 6.07) is 11.1. The minimum absolute atomic E-state index is 0.232. The second-order valence-electron chi connectivity index (χ2n) is 3.34. The number of hydrogen-bond acceptors (Lipinski definition) is 4. The van der Waals surface area contributed by atoms with E-state index in [1.54, 1.807) is 17.8 Å². The summed E-state index contributed by atoms with van der Waals surface area (Å²) in [5.74, 6) is 0.923. The second kappa shape index (κ2) is 5.76. The molecule has 0 atom stereocenters. The fraction of sp³-hybridized carbons (Fsp3) is 0.0769. The van der Waals surface area contributed by atoms with Crippen molar-refractivity contribution in [3.63, 3.8) is 0 Å². The third-order valence-corrected chi connectivity index (χ3v) is 3.40. The molecule has 0 radical (unpaired) electrons. The van der Waals surface area contributed by atoms with Gasteiger partial charge in [0.1, 0.15) is 16.8 Å². The number of benzene rings is 1. The Balaban J connectivity index is 2.38. The number of thioether (sulfide) groups is 1. The molecular formula is C13H9ClN2OS. The zero-order chi connectivity index (χ0) is 13.0. The molecule has 0 bridgehead atoms. The number of nitrogens with zero attached hydrogens (tertiary/aromatic N) is 2. The number of ether oxygens (including phenoxy) is 1. The van der Waals surface area contributed by atoms with Crippen LogP contribution in [0, 0.1) is 11.3 Å². The van der Waals surface area contributed by atoms with Crippen molar-refractivity contribution in [1.82, 2.24) is 4.98 Å². The van der Waals surface area contributed by atoms with Gasteiger partial charge < -0.3 is 4.74 Å². The molecule has 0 amide bonds. The predicted octanol–water partition coefficient (Wildman–Crippen LogP) is 4.12. The summed E-state index contributed by atoms with van der Waals surface area (Å²) < 4.78 is 5.66. The Hall–Kier alpha value is -1.70. The van der Waals surface area contributed by atoms with Gasteiger partial charge in [-0.15, -0.1) is 11.8 Å². The summed E-state index contributed by atoms with van der Waals surface area (Å²) >= 11 is 7.61. The van der Waals surface area contributed by atoms with Crippen LogP contribution in [0.2, 0.25) is 5.02 Å². The summed E-state index contributed by atoms with van der Waals surface area (Å²) in [7, 11) is 0. The van der Waals surface area contributed by atoms with Crippen molar-refractivity contribution >= 4 is 23.4 Å². The highest BCUT2D eigenvalue weighted by atomic mass is 35.5. The monoisotopic (exact) mass is 276 g/mol. The van der Waals surface area contributed by atoms with Crippen LogP contribution in [0.5, 0.6) is 11.6 Å². The summed E-state index contributed by atoms with van der Waals surface area (Å²) in [6.07, 6.45) is 3.46. The van der Waals surface area contributed by atoms with E-state index < -0.39 is 0 Å². The molecule has 1 aromatic carbocycles. The van der Waals surface area contributed by atoms with E-state index in [4.69, 9.17) is 21.6 Å². The van der Waals surface area contributed by atoms with Crippen LogP contribution in [0.3, 0.4) is 0 Å². The van der Waals surface area contributed by atoms with Gasteiger partial charge in [-0.25, -0.2) is 4.98 Å². The molecule has 90 valence electrons. The van der Waals surface area contributed by atoms with E-state index in [2.05, 4.69) is 4.98 Å². The quantitative estimate of drug-likeness (QED) is 0.791. The van der Waals surface area contributed by atoms with Crippen molar-refractivity contribution in [3.8, 4) is 17.7 Å². The Morgan fingerprint density at radius 1 is 1.33 bits per heavy atom. The Labute approximate surface area is 114 Å². The van der Waals surface area contributed by atoms with Gasteiger partial charge in [-0.1, -0.05) is 23.7 Å². The smallest absolute Gasteiger partial charge is 0.239 e. The van der Waals surface area contributed by atoms with Crippen molar-refractivity contribution in [2.24, 2.45) is 0 Å². The van der Waals surface area contributed by atoms with Crippen LogP contribution in [0.25, 0.3) is 0 Å². The molecular weight excluding hydrogens is 268 g/mol. The van der Waals surface area contributed by atoms with Crippen LogP contribution < -0.4 is 4.74 Å². The normalized spacial score (nSPS) is 9.83. The van der Waals surface area contributed by atoms with E-state index in [0.717, 1.165) is 4.90 Å². The number of para-hydroxylation sites is 1. The SMILES string of the molecule is CSc1ccccc1Oc1nccc(C#N)c1Cl. The van der Waals surface area contributed by atoms with Crippen LogP contribution in [-0.4, -0.2) is 11.2 Å². The second-order valence-corrected chi connectivity index (χ2v) is 4.57. The molecule has 3 nitrogen and oxygen atoms in total. The van der Waals surface area contributed by atoms with Crippen molar-refractivity contribution in [2.75, 3.05) is 6.26 Å². The molecule has 0 saturated heterocycles. The highest BCUT2D eigenvalue weighted by Crippen LogP contribution is 2.34. The largest absolute Gasteiger partial charge is 0.436 e. The molecule has 0 unspecified atom stereocenters. The van der Waals surface area contributed by atoms with Crippen LogP contribution in [0.1, 0.15) is 5.56 Å². The minimum Gasteiger partial charge on any atom is -0.436 e. The van der Waals surface area contributed by atoms with Gasteiger partial charge in [0.05, 0.1) is 5.56 Å². The molecule has 0 saturated carbocycles. The van der Waals surface area contributed by atoms with Crippen molar-refractivity contribution < 1.29 is 4.74 Å². The first-order valence-corrected chi connectivity index (χ1v) is 6.72. The number of hydrogen-bond donors (Lipinski definition) is 0. The zero-order valence-electron chi connectivity index (χ0n) is 9.55. The van der Waals surface area contributed by atoms with Gasteiger partial charge in [-0.2, -0.15) is 5.26 Å². The average Bonchev–Trinajstić information content (AvgIpc) is 2.42. The fourth-order valence-corrected chi connectivity index (χ4v) is 2.11. The summed E-state index contributed by atoms with van der Waals surface area (Å²) in [5.41, 5.74) is 0.350. The van der Waals surface area contributed by atoms with Gasteiger partial charge in [0.25, 0.3) is 0 Å². The van der Waals surface area contributed by atoms with Gasteiger partial charge in [0, 0.05) is 11.1 Å². The van der Waals surface area contributed by atoms with E-state index in [1.807, 2.05) is 36.6 Å². The molecule has 1 heterocycles. The highest BCUT2D eigenvalue weighted by molar-refractivity contribution is 7.98. The number of nitriles is 1. The first-order chi connectivity index (χ1) is 8.76. The lowest BCUT2D eigenvalue weighted by molar-refractivity contribution is 0.452. The Kier molecular flexibility index (Phi) is 4.08. The van der Waals surface area contributed by atoms with Gasteiger partial charge in [-0.05, 0) is 24.5 Å². The number of halogens is 1. The fourth-order valence-electron chi connectivity index (χ4n) is 1.39. The maximum atomic E-state index is 8.89. The standard InChI is InChI=1S/C13H9ClN2OS/c1-18-11-5-3-2-4-10(11)17-13-12(14)9(8-15)6-7-16-13/h2-7H,1H3.